The third kappa shape index (κ3) is 6.74. The molecule has 1 aromatic carbocycles. The zero-order chi connectivity index (χ0) is 19.2. The van der Waals surface area contributed by atoms with Gasteiger partial charge in [-0.25, -0.2) is 0 Å². The van der Waals surface area contributed by atoms with Gasteiger partial charge in [-0.1, -0.05) is 15.9 Å². The lowest BCUT2D eigenvalue weighted by Crippen LogP contribution is -2.53. The van der Waals surface area contributed by atoms with E-state index < -0.39 is 0 Å². The molecule has 2 atom stereocenters. The molecule has 0 aromatic heterocycles. The molecule has 2 unspecified atom stereocenters. The first kappa shape index (κ1) is 23.7. The van der Waals surface area contributed by atoms with Gasteiger partial charge < -0.3 is 20.4 Å². The number of anilines is 1. The summed E-state index contributed by atoms with van der Waals surface area (Å²) in [6.07, 6.45) is 1.13. The Morgan fingerprint density at radius 1 is 1.18 bits per heavy atom. The molecule has 158 valence electrons. The van der Waals surface area contributed by atoms with Crippen LogP contribution in [0.2, 0.25) is 0 Å². The Morgan fingerprint density at radius 3 is 2.50 bits per heavy atom. The van der Waals surface area contributed by atoms with Gasteiger partial charge in [0.15, 0.2) is 5.96 Å². The summed E-state index contributed by atoms with van der Waals surface area (Å²) in [7, 11) is 4.06. The van der Waals surface area contributed by atoms with Crippen molar-refractivity contribution in [1.82, 2.24) is 20.4 Å². The maximum Gasteiger partial charge on any atom is 0.191 e. The van der Waals surface area contributed by atoms with Gasteiger partial charge in [0.05, 0.1) is 0 Å². The van der Waals surface area contributed by atoms with Gasteiger partial charge in [-0.15, -0.1) is 24.0 Å². The molecular weight excluding hydrogens is 531 g/mol. The van der Waals surface area contributed by atoms with Gasteiger partial charge >= 0.3 is 0 Å². The van der Waals surface area contributed by atoms with Crippen LogP contribution < -0.4 is 15.5 Å². The third-order valence-corrected chi connectivity index (χ3v) is 6.20. The first-order chi connectivity index (χ1) is 13.0. The van der Waals surface area contributed by atoms with Crippen LogP contribution in [0.3, 0.4) is 0 Å². The summed E-state index contributed by atoms with van der Waals surface area (Å²) in [6.45, 7) is 9.93. The highest BCUT2D eigenvalue weighted by Gasteiger charge is 2.24. The van der Waals surface area contributed by atoms with Gasteiger partial charge in [0.2, 0.25) is 0 Å². The van der Waals surface area contributed by atoms with E-state index in [1.165, 1.54) is 5.69 Å². The Morgan fingerprint density at radius 2 is 1.86 bits per heavy atom. The molecule has 28 heavy (non-hydrogen) atoms. The Labute approximate surface area is 195 Å². The smallest absolute Gasteiger partial charge is 0.191 e. The fraction of sp³-hybridized carbons (Fsp3) is 0.650. The Balaban J connectivity index is 0.00000280. The fourth-order valence-corrected chi connectivity index (χ4v) is 4.05. The molecule has 0 spiro atoms. The topological polar surface area (TPSA) is 46.1 Å². The van der Waals surface area contributed by atoms with Crippen molar-refractivity contribution in [2.24, 2.45) is 4.99 Å². The van der Waals surface area contributed by atoms with E-state index in [-0.39, 0.29) is 24.0 Å². The summed E-state index contributed by atoms with van der Waals surface area (Å²) in [5, 5.41) is 7.13. The van der Waals surface area contributed by atoms with Gasteiger partial charge in [0.25, 0.3) is 0 Å². The van der Waals surface area contributed by atoms with E-state index >= 15 is 0 Å². The fourth-order valence-electron chi connectivity index (χ4n) is 3.79. The van der Waals surface area contributed by atoms with Gasteiger partial charge in [-0.2, -0.15) is 0 Å². The number of likely N-dealkylation sites (N-methyl/N-ethyl adjacent to an activating group) is 1. The minimum absolute atomic E-state index is 0. The first-order valence-corrected chi connectivity index (χ1v) is 10.7. The summed E-state index contributed by atoms with van der Waals surface area (Å²) in [5.41, 5.74) is 1.29. The molecular formula is C20H34BrIN6. The van der Waals surface area contributed by atoms with Crippen molar-refractivity contribution in [1.29, 1.82) is 0 Å². The van der Waals surface area contributed by atoms with Crippen molar-refractivity contribution in [3.8, 4) is 0 Å². The quantitative estimate of drug-likeness (QED) is 0.327. The van der Waals surface area contributed by atoms with E-state index in [1.54, 1.807) is 0 Å². The number of hydrogen-bond acceptors (Lipinski definition) is 4. The number of nitrogens with zero attached hydrogens (tertiary/aromatic N) is 4. The molecule has 1 aromatic rings. The molecule has 8 heteroatoms. The molecule has 0 bridgehead atoms. The summed E-state index contributed by atoms with van der Waals surface area (Å²) in [5.74, 6) is 0.915. The molecule has 2 fully saturated rings. The number of guanidine groups is 1. The van der Waals surface area contributed by atoms with Crippen LogP contribution in [0, 0.1) is 0 Å². The Bertz CT molecular complexity index is 618. The maximum atomic E-state index is 4.43. The zero-order valence-corrected chi connectivity index (χ0v) is 21.1. The average molecular weight is 565 g/mol. The molecule has 2 saturated heterocycles. The molecule has 2 aliphatic rings. The summed E-state index contributed by atoms with van der Waals surface area (Å²) in [4.78, 5) is 11.8. The van der Waals surface area contributed by atoms with Crippen LogP contribution in [0.4, 0.5) is 5.69 Å². The van der Waals surface area contributed by atoms with E-state index in [4.69, 9.17) is 0 Å². The zero-order valence-electron chi connectivity index (χ0n) is 17.2. The monoisotopic (exact) mass is 564 g/mol. The van der Waals surface area contributed by atoms with E-state index in [1.807, 2.05) is 7.05 Å². The lowest BCUT2D eigenvalue weighted by Gasteiger charge is -2.36. The third-order valence-electron chi connectivity index (χ3n) is 5.67. The molecule has 0 amide bonds. The maximum absolute atomic E-state index is 4.43. The van der Waals surface area contributed by atoms with E-state index in [0.29, 0.717) is 12.1 Å². The van der Waals surface area contributed by atoms with Crippen LogP contribution in [0.5, 0.6) is 0 Å². The van der Waals surface area contributed by atoms with Crippen LogP contribution >= 0.6 is 39.9 Å². The molecule has 3 rings (SSSR count). The molecule has 0 aliphatic carbocycles. The number of benzene rings is 1. The van der Waals surface area contributed by atoms with Crippen LogP contribution in [0.1, 0.15) is 13.3 Å². The standard InChI is InChI=1S/C20H33BrN6.HI/c1-16(26-12-10-25(3)11-13-26)14-23-20(22-2)24-18-8-9-27(15-18)19-6-4-17(21)5-7-19;/h4-7,16,18H,8-15H2,1-3H3,(H2,22,23,24);1H. The lowest BCUT2D eigenvalue weighted by molar-refractivity contribution is 0.120. The van der Waals surface area contributed by atoms with Crippen molar-refractivity contribution >= 4 is 51.6 Å². The molecule has 2 heterocycles. The molecule has 2 N–H and O–H groups in total. The van der Waals surface area contributed by atoms with Crippen molar-refractivity contribution in [3.05, 3.63) is 28.7 Å². The second kappa shape index (κ2) is 11.6. The highest BCUT2D eigenvalue weighted by Crippen LogP contribution is 2.22. The number of nitrogens with one attached hydrogen (secondary N) is 2. The minimum atomic E-state index is 0. The van der Waals surface area contributed by atoms with E-state index in [0.717, 1.165) is 62.7 Å². The van der Waals surface area contributed by atoms with Crippen molar-refractivity contribution in [2.75, 3.05) is 64.8 Å². The predicted molar refractivity (Wildman–Crippen MR) is 133 cm³/mol. The number of hydrogen-bond donors (Lipinski definition) is 2. The van der Waals surface area contributed by atoms with Gasteiger partial charge in [0.1, 0.15) is 0 Å². The van der Waals surface area contributed by atoms with Crippen LogP contribution in [0.15, 0.2) is 33.7 Å². The number of piperazine rings is 1. The number of rotatable bonds is 5. The second-order valence-electron chi connectivity index (χ2n) is 7.69. The number of aliphatic imine (C=N–C) groups is 1. The van der Waals surface area contributed by atoms with Crippen molar-refractivity contribution in [2.45, 2.75) is 25.4 Å². The lowest BCUT2D eigenvalue weighted by atomic mass is 10.2. The van der Waals surface area contributed by atoms with Crippen LogP contribution in [0.25, 0.3) is 0 Å². The number of halogens is 2. The van der Waals surface area contributed by atoms with Crippen LogP contribution in [-0.4, -0.2) is 87.8 Å². The predicted octanol–water partition coefficient (Wildman–Crippen LogP) is 2.45. The van der Waals surface area contributed by atoms with Gasteiger partial charge in [-0.05, 0) is 44.7 Å². The van der Waals surface area contributed by atoms with Gasteiger partial charge in [0, 0.05) is 75.1 Å². The Hall–Kier alpha value is -0.580. The van der Waals surface area contributed by atoms with Crippen molar-refractivity contribution < 1.29 is 0 Å². The van der Waals surface area contributed by atoms with Crippen molar-refractivity contribution in [3.63, 3.8) is 0 Å². The molecule has 0 saturated carbocycles. The molecule has 0 radical (unpaired) electrons. The SMILES string of the molecule is CN=C(NCC(C)N1CCN(C)CC1)NC1CCN(c2ccc(Br)cc2)C1.I. The molecule has 6 nitrogen and oxygen atoms in total. The summed E-state index contributed by atoms with van der Waals surface area (Å²) < 4.78 is 1.12. The van der Waals surface area contributed by atoms with E-state index in [2.05, 4.69) is 84.5 Å². The minimum Gasteiger partial charge on any atom is -0.369 e. The first-order valence-electron chi connectivity index (χ1n) is 9.95. The summed E-state index contributed by atoms with van der Waals surface area (Å²) >= 11 is 3.51. The molecule has 2 aliphatic heterocycles. The Kier molecular flexibility index (Phi) is 9.79. The average Bonchev–Trinajstić information content (AvgIpc) is 3.14. The van der Waals surface area contributed by atoms with Gasteiger partial charge in [-0.3, -0.25) is 9.89 Å². The normalized spacial score (nSPS) is 22.6. The van der Waals surface area contributed by atoms with Crippen LogP contribution in [-0.2, 0) is 0 Å². The van der Waals surface area contributed by atoms with E-state index in [9.17, 15) is 0 Å². The summed E-state index contributed by atoms with van der Waals surface area (Å²) in [6, 6.07) is 9.51. The second-order valence-corrected chi connectivity index (χ2v) is 8.61. The largest absolute Gasteiger partial charge is 0.369 e. The highest BCUT2D eigenvalue weighted by molar-refractivity contribution is 14.0. The highest BCUT2D eigenvalue weighted by atomic mass is 127.